The zero-order chi connectivity index (χ0) is 15.2. The minimum atomic E-state index is 0.662. The molecule has 0 spiro atoms. The SMILES string of the molecule is CCCNCc1cnc(Oc2cc(Br)ccc2C)c(C)c1. The summed E-state index contributed by atoms with van der Waals surface area (Å²) in [4.78, 5) is 4.45. The molecule has 0 radical (unpaired) electrons. The van der Waals surface area contributed by atoms with Crippen molar-refractivity contribution in [2.45, 2.75) is 33.7 Å². The maximum atomic E-state index is 5.94. The van der Waals surface area contributed by atoms with E-state index in [9.17, 15) is 0 Å². The highest BCUT2D eigenvalue weighted by Gasteiger charge is 2.07. The third-order valence-electron chi connectivity index (χ3n) is 3.20. The van der Waals surface area contributed by atoms with Gasteiger partial charge in [0.05, 0.1) is 0 Å². The lowest BCUT2D eigenvalue weighted by molar-refractivity contribution is 0.454. The number of hydrogen-bond acceptors (Lipinski definition) is 3. The van der Waals surface area contributed by atoms with Crippen LogP contribution < -0.4 is 10.1 Å². The van der Waals surface area contributed by atoms with E-state index >= 15 is 0 Å². The van der Waals surface area contributed by atoms with Crippen LogP contribution in [0, 0.1) is 13.8 Å². The van der Waals surface area contributed by atoms with E-state index in [1.54, 1.807) is 0 Å². The molecule has 1 aromatic carbocycles. The summed E-state index contributed by atoms with van der Waals surface area (Å²) in [6.07, 6.45) is 3.01. The maximum Gasteiger partial charge on any atom is 0.222 e. The number of benzene rings is 1. The van der Waals surface area contributed by atoms with Crippen LogP contribution in [-0.2, 0) is 6.54 Å². The largest absolute Gasteiger partial charge is 0.438 e. The average molecular weight is 349 g/mol. The van der Waals surface area contributed by atoms with Crippen molar-refractivity contribution in [3.05, 3.63) is 51.6 Å². The van der Waals surface area contributed by atoms with Gasteiger partial charge in [-0.1, -0.05) is 28.9 Å². The van der Waals surface area contributed by atoms with Crippen molar-refractivity contribution in [2.75, 3.05) is 6.54 Å². The van der Waals surface area contributed by atoms with E-state index in [1.807, 2.05) is 38.2 Å². The average Bonchev–Trinajstić information content (AvgIpc) is 2.46. The van der Waals surface area contributed by atoms with Crippen LogP contribution in [0.4, 0.5) is 0 Å². The molecule has 1 aromatic heterocycles. The van der Waals surface area contributed by atoms with Crippen LogP contribution >= 0.6 is 15.9 Å². The molecule has 21 heavy (non-hydrogen) atoms. The molecule has 2 aromatic rings. The van der Waals surface area contributed by atoms with E-state index in [0.29, 0.717) is 5.88 Å². The van der Waals surface area contributed by atoms with Gasteiger partial charge in [0.15, 0.2) is 0 Å². The molecule has 0 bridgehead atoms. The highest BCUT2D eigenvalue weighted by atomic mass is 79.9. The van der Waals surface area contributed by atoms with Gasteiger partial charge in [-0.25, -0.2) is 4.98 Å². The van der Waals surface area contributed by atoms with Crippen LogP contribution in [0.3, 0.4) is 0 Å². The monoisotopic (exact) mass is 348 g/mol. The molecular weight excluding hydrogens is 328 g/mol. The van der Waals surface area contributed by atoms with Gasteiger partial charge in [0.25, 0.3) is 0 Å². The number of rotatable bonds is 6. The van der Waals surface area contributed by atoms with Gasteiger partial charge in [-0.3, -0.25) is 0 Å². The molecule has 4 heteroatoms. The Hall–Kier alpha value is -1.39. The van der Waals surface area contributed by atoms with Crippen molar-refractivity contribution in [2.24, 2.45) is 0 Å². The molecule has 0 amide bonds. The van der Waals surface area contributed by atoms with E-state index < -0.39 is 0 Å². The molecule has 0 aliphatic rings. The molecule has 0 fully saturated rings. The van der Waals surface area contributed by atoms with Crippen LogP contribution in [0.15, 0.2) is 34.9 Å². The number of aryl methyl sites for hydroxylation is 2. The van der Waals surface area contributed by atoms with Crippen LogP contribution in [0.25, 0.3) is 0 Å². The van der Waals surface area contributed by atoms with Gasteiger partial charge < -0.3 is 10.1 Å². The molecular formula is C17H21BrN2O. The summed E-state index contributed by atoms with van der Waals surface area (Å²) in [5.74, 6) is 1.49. The van der Waals surface area contributed by atoms with E-state index in [1.165, 1.54) is 5.56 Å². The Morgan fingerprint density at radius 3 is 2.71 bits per heavy atom. The van der Waals surface area contributed by atoms with Crippen molar-refractivity contribution < 1.29 is 4.74 Å². The van der Waals surface area contributed by atoms with Crippen molar-refractivity contribution in [1.82, 2.24) is 10.3 Å². The molecule has 112 valence electrons. The standard InChI is InChI=1S/C17H21BrN2O/c1-4-7-19-10-14-8-13(3)17(20-11-14)21-16-9-15(18)6-5-12(16)2/h5-6,8-9,11,19H,4,7,10H2,1-3H3. The Morgan fingerprint density at radius 2 is 2.00 bits per heavy atom. The molecule has 3 nitrogen and oxygen atoms in total. The molecule has 0 aliphatic carbocycles. The minimum absolute atomic E-state index is 0.662. The summed E-state index contributed by atoms with van der Waals surface area (Å²) in [5.41, 5.74) is 3.32. The van der Waals surface area contributed by atoms with Gasteiger partial charge >= 0.3 is 0 Å². The first-order chi connectivity index (χ1) is 10.1. The zero-order valence-corrected chi connectivity index (χ0v) is 14.3. The van der Waals surface area contributed by atoms with Crippen LogP contribution in [0.2, 0.25) is 0 Å². The summed E-state index contributed by atoms with van der Waals surface area (Å²) in [7, 11) is 0. The first-order valence-electron chi connectivity index (χ1n) is 7.20. The van der Waals surface area contributed by atoms with Crippen molar-refractivity contribution in [3.63, 3.8) is 0 Å². The molecule has 1 N–H and O–H groups in total. The third kappa shape index (κ3) is 4.55. The van der Waals surface area contributed by atoms with Gasteiger partial charge in [-0.15, -0.1) is 0 Å². The molecule has 0 atom stereocenters. The molecule has 0 saturated heterocycles. The van der Waals surface area contributed by atoms with E-state index in [2.05, 4.69) is 39.2 Å². The minimum Gasteiger partial charge on any atom is -0.438 e. The predicted molar refractivity (Wildman–Crippen MR) is 89.9 cm³/mol. The Labute approximate surface area is 134 Å². The third-order valence-corrected chi connectivity index (χ3v) is 3.69. The van der Waals surface area contributed by atoms with Gasteiger partial charge in [0.1, 0.15) is 5.75 Å². The number of nitrogens with one attached hydrogen (secondary N) is 1. The second-order valence-corrected chi connectivity index (χ2v) is 6.07. The topological polar surface area (TPSA) is 34.2 Å². The number of halogens is 1. The first-order valence-corrected chi connectivity index (χ1v) is 7.99. The lowest BCUT2D eigenvalue weighted by Crippen LogP contribution is -2.14. The highest BCUT2D eigenvalue weighted by Crippen LogP contribution is 2.28. The quantitative estimate of drug-likeness (QED) is 0.764. The Bertz CT molecular complexity index is 614. The van der Waals surface area contributed by atoms with Crippen molar-refractivity contribution in [3.8, 4) is 11.6 Å². The molecule has 0 unspecified atom stereocenters. The van der Waals surface area contributed by atoms with Crippen LogP contribution in [0.5, 0.6) is 11.6 Å². The maximum absolute atomic E-state index is 5.94. The fourth-order valence-electron chi connectivity index (χ4n) is 2.02. The second kappa shape index (κ2) is 7.57. The number of pyridine rings is 1. The van der Waals surface area contributed by atoms with Gasteiger partial charge in [0.2, 0.25) is 5.88 Å². The molecule has 0 saturated carbocycles. The van der Waals surface area contributed by atoms with Gasteiger partial charge in [0, 0.05) is 22.8 Å². The smallest absolute Gasteiger partial charge is 0.222 e. The number of aromatic nitrogens is 1. The summed E-state index contributed by atoms with van der Waals surface area (Å²) in [6.45, 7) is 8.08. The Morgan fingerprint density at radius 1 is 1.19 bits per heavy atom. The lowest BCUT2D eigenvalue weighted by Gasteiger charge is -2.11. The Balaban J connectivity index is 2.12. The van der Waals surface area contributed by atoms with E-state index in [4.69, 9.17) is 4.74 Å². The number of nitrogens with zero attached hydrogens (tertiary/aromatic N) is 1. The van der Waals surface area contributed by atoms with E-state index in [-0.39, 0.29) is 0 Å². The zero-order valence-electron chi connectivity index (χ0n) is 12.7. The molecule has 0 aliphatic heterocycles. The van der Waals surface area contributed by atoms with Gasteiger partial charge in [-0.2, -0.15) is 0 Å². The lowest BCUT2D eigenvalue weighted by atomic mass is 10.2. The molecule has 2 rings (SSSR count). The first kappa shape index (κ1) is 16.0. The summed E-state index contributed by atoms with van der Waals surface area (Å²) < 4.78 is 6.94. The van der Waals surface area contributed by atoms with Crippen molar-refractivity contribution in [1.29, 1.82) is 0 Å². The number of ether oxygens (including phenoxy) is 1. The predicted octanol–water partition coefficient (Wildman–Crippen LogP) is 4.75. The normalized spacial score (nSPS) is 10.7. The number of hydrogen-bond donors (Lipinski definition) is 1. The molecule has 1 heterocycles. The summed E-state index contributed by atoms with van der Waals surface area (Å²) >= 11 is 3.47. The highest BCUT2D eigenvalue weighted by molar-refractivity contribution is 9.10. The summed E-state index contributed by atoms with van der Waals surface area (Å²) in [5, 5.41) is 3.38. The van der Waals surface area contributed by atoms with Gasteiger partial charge in [-0.05, 0) is 56.1 Å². The summed E-state index contributed by atoms with van der Waals surface area (Å²) in [6, 6.07) is 8.12. The Kier molecular flexibility index (Phi) is 5.76. The van der Waals surface area contributed by atoms with E-state index in [0.717, 1.165) is 40.9 Å². The van der Waals surface area contributed by atoms with Crippen LogP contribution in [-0.4, -0.2) is 11.5 Å². The second-order valence-electron chi connectivity index (χ2n) is 5.15. The fourth-order valence-corrected chi connectivity index (χ4v) is 2.36. The van der Waals surface area contributed by atoms with Crippen molar-refractivity contribution >= 4 is 15.9 Å². The fraction of sp³-hybridized carbons (Fsp3) is 0.353. The van der Waals surface area contributed by atoms with Crippen LogP contribution in [0.1, 0.15) is 30.0 Å².